The zero-order valence-electron chi connectivity index (χ0n) is 17.2. The Labute approximate surface area is 172 Å². The molecule has 0 bridgehead atoms. The summed E-state index contributed by atoms with van der Waals surface area (Å²) in [5, 5.41) is 11.6. The van der Waals surface area contributed by atoms with Gasteiger partial charge in [0, 0.05) is 18.8 Å². The molecule has 0 heterocycles. The van der Waals surface area contributed by atoms with Gasteiger partial charge in [-0.05, 0) is 43.6 Å². The maximum atomic E-state index is 12.9. The standard InChI is InChI=1S/C22H32N2O5/c1-15(2)12-17(14-20(25)24-28)21(26)23-19(13-16-8-4-3-5-9-16)22(27)29-18-10-6-7-11-18/h3-5,8-9,15,17-19,28H,6-7,10-14H2,1-2H3,(H,23,26)(H,24,25)/t17-,19-/m0/s1. The third-order valence-electron chi connectivity index (χ3n) is 5.15. The molecule has 0 aromatic heterocycles. The Kier molecular flexibility index (Phi) is 9.12. The van der Waals surface area contributed by atoms with Gasteiger partial charge in [-0.1, -0.05) is 44.2 Å². The predicted molar refractivity (Wildman–Crippen MR) is 108 cm³/mol. The fraction of sp³-hybridized carbons (Fsp3) is 0.591. The molecule has 1 aliphatic rings. The van der Waals surface area contributed by atoms with E-state index in [1.54, 1.807) is 5.48 Å². The topological polar surface area (TPSA) is 105 Å². The van der Waals surface area contributed by atoms with E-state index in [0.717, 1.165) is 31.2 Å². The van der Waals surface area contributed by atoms with E-state index >= 15 is 0 Å². The third kappa shape index (κ3) is 7.85. The minimum Gasteiger partial charge on any atom is -0.461 e. The first-order valence-corrected chi connectivity index (χ1v) is 10.4. The van der Waals surface area contributed by atoms with Crippen LogP contribution in [0.15, 0.2) is 30.3 Å². The van der Waals surface area contributed by atoms with Crippen molar-refractivity contribution in [1.29, 1.82) is 0 Å². The number of hydroxylamine groups is 1. The van der Waals surface area contributed by atoms with Gasteiger partial charge in [0.2, 0.25) is 11.8 Å². The zero-order chi connectivity index (χ0) is 21.2. The highest BCUT2D eigenvalue weighted by molar-refractivity contribution is 5.89. The van der Waals surface area contributed by atoms with Crippen LogP contribution in [0.1, 0.15) is 57.9 Å². The number of carbonyl (C=O) groups excluding carboxylic acids is 3. The summed E-state index contributed by atoms with van der Waals surface area (Å²) >= 11 is 0. The van der Waals surface area contributed by atoms with Crippen molar-refractivity contribution in [2.45, 2.75) is 70.9 Å². The van der Waals surface area contributed by atoms with Crippen LogP contribution in [0.2, 0.25) is 0 Å². The summed E-state index contributed by atoms with van der Waals surface area (Å²) in [5.74, 6) is -1.91. The van der Waals surface area contributed by atoms with Crippen LogP contribution in [-0.2, 0) is 25.5 Å². The monoisotopic (exact) mass is 404 g/mol. The van der Waals surface area contributed by atoms with E-state index in [1.807, 2.05) is 44.2 Å². The Balaban J connectivity index is 2.11. The van der Waals surface area contributed by atoms with Crippen molar-refractivity contribution in [3.05, 3.63) is 35.9 Å². The molecule has 1 saturated carbocycles. The average molecular weight is 405 g/mol. The van der Waals surface area contributed by atoms with E-state index in [0.29, 0.717) is 12.8 Å². The van der Waals surface area contributed by atoms with Crippen molar-refractivity contribution in [2.24, 2.45) is 11.8 Å². The van der Waals surface area contributed by atoms with Crippen LogP contribution in [0.3, 0.4) is 0 Å². The van der Waals surface area contributed by atoms with Crippen molar-refractivity contribution in [3.8, 4) is 0 Å². The molecule has 0 aliphatic heterocycles. The van der Waals surface area contributed by atoms with Crippen LogP contribution in [0, 0.1) is 11.8 Å². The second-order valence-electron chi connectivity index (χ2n) is 8.16. The van der Waals surface area contributed by atoms with Crippen LogP contribution < -0.4 is 10.8 Å². The van der Waals surface area contributed by atoms with Gasteiger partial charge >= 0.3 is 5.97 Å². The molecule has 0 saturated heterocycles. The molecule has 0 spiro atoms. The number of benzene rings is 1. The Morgan fingerprint density at radius 3 is 2.38 bits per heavy atom. The third-order valence-corrected chi connectivity index (χ3v) is 5.15. The molecule has 0 unspecified atom stereocenters. The van der Waals surface area contributed by atoms with Gasteiger partial charge in [0.1, 0.15) is 12.1 Å². The molecule has 160 valence electrons. The summed E-state index contributed by atoms with van der Waals surface area (Å²) in [4.78, 5) is 37.3. The maximum absolute atomic E-state index is 12.9. The van der Waals surface area contributed by atoms with Crippen LogP contribution in [0.25, 0.3) is 0 Å². The molecule has 0 radical (unpaired) electrons. The summed E-state index contributed by atoms with van der Waals surface area (Å²) in [6.07, 6.45) is 4.34. The van der Waals surface area contributed by atoms with Crippen LogP contribution in [0.4, 0.5) is 0 Å². The lowest BCUT2D eigenvalue weighted by Gasteiger charge is -2.24. The molecule has 1 aliphatic carbocycles. The fourth-order valence-electron chi connectivity index (χ4n) is 3.71. The van der Waals surface area contributed by atoms with Gasteiger partial charge in [-0.3, -0.25) is 14.8 Å². The van der Waals surface area contributed by atoms with E-state index in [-0.39, 0.29) is 24.3 Å². The summed E-state index contributed by atoms with van der Waals surface area (Å²) in [6, 6.07) is 8.62. The van der Waals surface area contributed by atoms with Gasteiger partial charge in [-0.15, -0.1) is 0 Å². The SMILES string of the molecule is CC(C)C[C@@H](CC(=O)NO)C(=O)N[C@@H](Cc1ccccc1)C(=O)OC1CCCC1. The molecule has 3 N–H and O–H groups in total. The van der Waals surface area contributed by atoms with Crippen molar-refractivity contribution >= 4 is 17.8 Å². The number of hydrogen-bond donors (Lipinski definition) is 3. The van der Waals surface area contributed by atoms with Crippen LogP contribution >= 0.6 is 0 Å². The number of nitrogens with one attached hydrogen (secondary N) is 2. The Morgan fingerprint density at radius 2 is 1.79 bits per heavy atom. The maximum Gasteiger partial charge on any atom is 0.329 e. The second kappa shape index (κ2) is 11.6. The second-order valence-corrected chi connectivity index (χ2v) is 8.16. The summed E-state index contributed by atoms with van der Waals surface area (Å²) in [7, 11) is 0. The average Bonchev–Trinajstić information content (AvgIpc) is 3.20. The van der Waals surface area contributed by atoms with Gasteiger partial charge in [0.15, 0.2) is 0 Å². The lowest BCUT2D eigenvalue weighted by molar-refractivity contribution is -0.153. The van der Waals surface area contributed by atoms with Crippen molar-refractivity contribution < 1.29 is 24.3 Å². The number of hydrogen-bond acceptors (Lipinski definition) is 5. The van der Waals surface area contributed by atoms with E-state index in [2.05, 4.69) is 5.32 Å². The largest absolute Gasteiger partial charge is 0.461 e. The van der Waals surface area contributed by atoms with Crippen molar-refractivity contribution in [1.82, 2.24) is 10.8 Å². The van der Waals surface area contributed by atoms with Crippen LogP contribution in [0.5, 0.6) is 0 Å². The highest BCUT2D eigenvalue weighted by Gasteiger charge is 2.30. The lowest BCUT2D eigenvalue weighted by atomic mass is 9.92. The smallest absolute Gasteiger partial charge is 0.329 e. The molecule has 7 heteroatoms. The van der Waals surface area contributed by atoms with Gasteiger partial charge in [0.25, 0.3) is 0 Å². The van der Waals surface area contributed by atoms with Crippen molar-refractivity contribution in [2.75, 3.05) is 0 Å². The quantitative estimate of drug-likeness (QED) is 0.316. The molecule has 1 fully saturated rings. The highest BCUT2D eigenvalue weighted by atomic mass is 16.5. The summed E-state index contributed by atoms with van der Waals surface area (Å²) in [6.45, 7) is 3.90. The molecular formula is C22H32N2O5. The lowest BCUT2D eigenvalue weighted by Crippen LogP contribution is -2.47. The first kappa shape index (κ1) is 22.9. The molecular weight excluding hydrogens is 372 g/mol. The Bertz CT molecular complexity index is 671. The fourth-order valence-corrected chi connectivity index (χ4v) is 3.71. The molecule has 2 atom stereocenters. The normalized spacial score (nSPS) is 16.3. The number of rotatable bonds is 10. The van der Waals surface area contributed by atoms with Gasteiger partial charge in [-0.2, -0.15) is 0 Å². The Hall–Kier alpha value is -2.41. The summed E-state index contributed by atoms with van der Waals surface area (Å²) in [5.41, 5.74) is 2.49. The number of amides is 2. The first-order valence-electron chi connectivity index (χ1n) is 10.4. The molecule has 2 amide bonds. The molecule has 2 rings (SSSR count). The molecule has 1 aromatic rings. The van der Waals surface area contributed by atoms with Gasteiger partial charge in [0.05, 0.1) is 0 Å². The highest BCUT2D eigenvalue weighted by Crippen LogP contribution is 2.22. The van der Waals surface area contributed by atoms with Gasteiger partial charge < -0.3 is 10.1 Å². The Morgan fingerprint density at radius 1 is 1.14 bits per heavy atom. The van der Waals surface area contributed by atoms with E-state index in [4.69, 9.17) is 9.94 Å². The number of ether oxygens (including phenoxy) is 1. The van der Waals surface area contributed by atoms with E-state index in [1.165, 1.54) is 0 Å². The minimum absolute atomic E-state index is 0.0932. The molecule has 7 nitrogen and oxygen atoms in total. The summed E-state index contributed by atoms with van der Waals surface area (Å²) < 4.78 is 5.64. The van der Waals surface area contributed by atoms with E-state index < -0.39 is 23.8 Å². The first-order chi connectivity index (χ1) is 13.9. The predicted octanol–water partition coefficient (Wildman–Crippen LogP) is 2.76. The molecule has 1 aromatic carbocycles. The number of carbonyl (C=O) groups is 3. The van der Waals surface area contributed by atoms with E-state index in [9.17, 15) is 14.4 Å². The van der Waals surface area contributed by atoms with Crippen LogP contribution in [-0.4, -0.2) is 35.1 Å². The zero-order valence-corrected chi connectivity index (χ0v) is 17.2. The number of esters is 1. The molecule has 29 heavy (non-hydrogen) atoms. The minimum atomic E-state index is -0.822. The van der Waals surface area contributed by atoms with Crippen molar-refractivity contribution in [3.63, 3.8) is 0 Å². The van der Waals surface area contributed by atoms with Gasteiger partial charge in [-0.25, -0.2) is 10.3 Å².